The van der Waals surface area contributed by atoms with Gasteiger partial charge in [0.25, 0.3) is 0 Å². The molecule has 0 aromatic carbocycles. The van der Waals surface area contributed by atoms with Crippen molar-refractivity contribution in [2.45, 2.75) is 65.2 Å². The molecule has 0 rings (SSSR count). The van der Waals surface area contributed by atoms with Crippen LogP contribution in [0.2, 0.25) is 0 Å². The Morgan fingerprint density at radius 1 is 1.29 bits per heavy atom. The van der Waals surface area contributed by atoms with Crippen LogP contribution in [-0.2, 0) is 0 Å². The molecule has 0 aliphatic rings. The lowest BCUT2D eigenvalue weighted by atomic mass is 9.92. The van der Waals surface area contributed by atoms with Crippen LogP contribution in [0.1, 0.15) is 59.8 Å². The molecular formula is C13H25Cl. The predicted molar refractivity (Wildman–Crippen MR) is 67.0 cm³/mol. The molecule has 0 aliphatic heterocycles. The summed E-state index contributed by atoms with van der Waals surface area (Å²) in [4.78, 5) is 0. The number of alkyl halides is 1. The number of hydrogen-bond donors (Lipinski definition) is 0. The zero-order chi connectivity index (χ0) is 11.0. The molecule has 0 aromatic rings. The smallest absolute Gasteiger partial charge is 0.0547 e. The van der Waals surface area contributed by atoms with E-state index in [1.807, 2.05) is 0 Å². The highest BCUT2D eigenvalue weighted by atomic mass is 35.5. The summed E-state index contributed by atoms with van der Waals surface area (Å²) in [7, 11) is 0. The fraction of sp³-hybridized carbons (Fsp3) is 0.846. The van der Waals surface area contributed by atoms with E-state index < -0.39 is 0 Å². The summed E-state index contributed by atoms with van der Waals surface area (Å²) in [6.45, 7) is 8.92. The van der Waals surface area contributed by atoms with Crippen LogP contribution < -0.4 is 0 Å². The third-order valence-electron chi connectivity index (χ3n) is 2.79. The van der Waals surface area contributed by atoms with E-state index in [1.165, 1.54) is 24.8 Å². The molecular weight excluding hydrogens is 192 g/mol. The third-order valence-corrected chi connectivity index (χ3v) is 3.26. The summed E-state index contributed by atoms with van der Waals surface area (Å²) in [5, 5.41) is 0.268. The quantitative estimate of drug-likeness (QED) is 0.407. The van der Waals surface area contributed by atoms with Crippen molar-refractivity contribution in [3.05, 3.63) is 11.6 Å². The van der Waals surface area contributed by atoms with E-state index >= 15 is 0 Å². The first-order valence-corrected chi connectivity index (χ1v) is 6.44. The van der Waals surface area contributed by atoms with Gasteiger partial charge in [-0.15, -0.1) is 11.6 Å². The third kappa shape index (κ3) is 5.05. The highest BCUT2D eigenvalue weighted by molar-refractivity contribution is 6.22. The SMILES string of the molecule is CCC=C(C(C)CC)C(Cl)CCCC. The van der Waals surface area contributed by atoms with E-state index in [0.717, 1.165) is 12.8 Å². The van der Waals surface area contributed by atoms with Crippen molar-refractivity contribution < 1.29 is 0 Å². The minimum Gasteiger partial charge on any atom is -0.118 e. The minimum atomic E-state index is 0.268. The maximum absolute atomic E-state index is 6.41. The van der Waals surface area contributed by atoms with Gasteiger partial charge in [-0.25, -0.2) is 0 Å². The molecule has 14 heavy (non-hydrogen) atoms. The fourth-order valence-electron chi connectivity index (χ4n) is 1.66. The van der Waals surface area contributed by atoms with Crippen molar-refractivity contribution >= 4 is 11.6 Å². The molecule has 0 aliphatic carbocycles. The highest BCUT2D eigenvalue weighted by Gasteiger charge is 2.15. The maximum Gasteiger partial charge on any atom is 0.0547 e. The number of rotatable bonds is 7. The molecule has 84 valence electrons. The zero-order valence-electron chi connectivity index (χ0n) is 10.1. The minimum absolute atomic E-state index is 0.268. The van der Waals surface area contributed by atoms with Crippen molar-refractivity contribution in [1.29, 1.82) is 0 Å². The summed E-state index contributed by atoms with van der Waals surface area (Å²) < 4.78 is 0. The Hall–Kier alpha value is 0.0300. The lowest BCUT2D eigenvalue weighted by Crippen LogP contribution is -2.10. The summed E-state index contributed by atoms with van der Waals surface area (Å²) in [5.74, 6) is 0.648. The van der Waals surface area contributed by atoms with E-state index in [1.54, 1.807) is 0 Å². The Balaban J connectivity index is 4.26. The number of unbranched alkanes of at least 4 members (excludes halogenated alkanes) is 1. The lowest BCUT2D eigenvalue weighted by molar-refractivity contribution is 0.597. The van der Waals surface area contributed by atoms with Crippen LogP contribution in [0.25, 0.3) is 0 Å². The van der Waals surface area contributed by atoms with Crippen LogP contribution in [0, 0.1) is 5.92 Å². The highest BCUT2D eigenvalue weighted by Crippen LogP contribution is 2.26. The molecule has 0 radical (unpaired) electrons. The standard InChI is InChI=1S/C13H25Cl/c1-5-8-10-13(14)12(9-6-2)11(4)7-3/h9,11,13H,5-8,10H2,1-4H3. The average Bonchev–Trinajstić information content (AvgIpc) is 2.21. The van der Waals surface area contributed by atoms with Crippen LogP contribution in [0.5, 0.6) is 0 Å². The number of hydrogen-bond acceptors (Lipinski definition) is 0. The van der Waals surface area contributed by atoms with Crippen molar-refractivity contribution in [1.82, 2.24) is 0 Å². The zero-order valence-corrected chi connectivity index (χ0v) is 10.9. The van der Waals surface area contributed by atoms with Crippen molar-refractivity contribution in [2.75, 3.05) is 0 Å². The molecule has 0 N–H and O–H groups in total. The molecule has 1 heteroatoms. The van der Waals surface area contributed by atoms with Crippen molar-refractivity contribution in [3.63, 3.8) is 0 Å². The van der Waals surface area contributed by atoms with Gasteiger partial charge in [0.1, 0.15) is 0 Å². The molecule has 0 bridgehead atoms. The molecule has 0 fully saturated rings. The molecule has 0 nitrogen and oxygen atoms in total. The fourth-order valence-corrected chi connectivity index (χ4v) is 2.12. The van der Waals surface area contributed by atoms with Gasteiger partial charge in [-0.2, -0.15) is 0 Å². The maximum atomic E-state index is 6.41. The molecule has 0 spiro atoms. The van der Waals surface area contributed by atoms with E-state index in [2.05, 4.69) is 33.8 Å². The van der Waals surface area contributed by atoms with Gasteiger partial charge in [0.2, 0.25) is 0 Å². The van der Waals surface area contributed by atoms with E-state index in [-0.39, 0.29) is 5.38 Å². The number of allylic oxidation sites excluding steroid dienone is 2. The van der Waals surface area contributed by atoms with Crippen LogP contribution >= 0.6 is 11.6 Å². The first kappa shape index (κ1) is 14.0. The van der Waals surface area contributed by atoms with Gasteiger partial charge in [-0.1, -0.05) is 52.2 Å². The predicted octanol–water partition coefficient (Wildman–Crippen LogP) is 5.17. The summed E-state index contributed by atoms with van der Waals surface area (Å²) >= 11 is 6.41. The topological polar surface area (TPSA) is 0 Å². The summed E-state index contributed by atoms with van der Waals surface area (Å²) in [6, 6.07) is 0. The van der Waals surface area contributed by atoms with Gasteiger partial charge in [0.05, 0.1) is 5.38 Å². The Bertz CT molecular complexity index is 161. The van der Waals surface area contributed by atoms with E-state index in [9.17, 15) is 0 Å². The number of halogens is 1. The molecule has 0 saturated carbocycles. The summed E-state index contributed by atoms with van der Waals surface area (Å²) in [5.41, 5.74) is 1.46. The van der Waals surface area contributed by atoms with E-state index in [4.69, 9.17) is 11.6 Å². The van der Waals surface area contributed by atoms with Gasteiger partial charge in [-0.3, -0.25) is 0 Å². The second kappa shape index (κ2) is 8.35. The molecule has 0 amide bonds. The molecule has 0 aromatic heterocycles. The normalized spacial score (nSPS) is 16.8. The van der Waals surface area contributed by atoms with Crippen LogP contribution in [-0.4, -0.2) is 5.38 Å². The Kier molecular flexibility index (Phi) is 8.37. The molecule has 0 heterocycles. The molecule has 2 atom stereocenters. The van der Waals surface area contributed by atoms with Crippen molar-refractivity contribution in [2.24, 2.45) is 5.92 Å². The van der Waals surface area contributed by atoms with Gasteiger partial charge in [-0.05, 0) is 25.2 Å². The van der Waals surface area contributed by atoms with Gasteiger partial charge < -0.3 is 0 Å². The van der Waals surface area contributed by atoms with Gasteiger partial charge in [0, 0.05) is 0 Å². The first-order valence-electron chi connectivity index (χ1n) is 6.01. The summed E-state index contributed by atoms with van der Waals surface area (Å²) in [6.07, 6.45) is 8.24. The van der Waals surface area contributed by atoms with Gasteiger partial charge in [0.15, 0.2) is 0 Å². The Morgan fingerprint density at radius 2 is 1.93 bits per heavy atom. The van der Waals surface area contributed by atoms with E-state index in [0.29, 0.717) is 5.92 Å². The first-order chi connectivity index (χ1) is 6.67. The monoisotopic (exact) mass is 216 g/mol. The second-order valence-corrected chi connectivity index (χ2v) is 4.56. The molecule has 2 unspecified atom stereocenters. The second-order valence-electron chi connectivity index (χ2n) is 4.03. The van der Waals surface area contributed by atoms with Crippen LogP contribution in [0.15, 0.2) is 11.6 Å². The van der Waals surface area contributed by atoms with Crippen LogP contribution in [0.4, 0.5) is 0 Å². The Labute approximate surface area is 94.7 Å². The van der Waals surface area contributed by atoms with Crippen molar-refractivity contribution in [3.8, 4) is 0 Å². The van der Waals surface area contributed by atoms with Crippen LogP contribution in [0.3, 0.4) is 0 Å². The molecule has 0 saturated heterocycles. The Morgan fingerprint density at radius 3 is 2.36 bits per heavy atom. The van der Waals surface area contributed by atoms with Gasteiger partial charge >= 0.3 is 0 Å². The largest absolute Gasteiger partial charge is 0.118 e. The average molecular weight is 217 g/mol. The lowest BCUT2D eigenvalue weighted by Gasteiger charge is -2.19.